The molecule has 0 atom stereocenters. The van der Waals surface area contributed by atoms with Crippen LogP contribution in [0.3, 0.4) is 0 Å². The Morgan fingerprint density at radius 3 is 2.67 bits per heavy atom. The van der Waals surface area contributed by atoms with Crippen LogP contribution in [0.1, 0.15) is 18.9 Å². The van der Waals surface area contributed by atoms with E-state index in [1.165, 1.54) is 5.69 Å². The summed E-state index contributed by atoms with van der Waals surface area (Å²) in [5.74, 6) is 0.220. The van der Waals surface area contributed by atoms with E-state index in [1.54, 1.807) is 4.31 Å². The van der Waals surface area contributed by atoms with Crippen molar-refractivity contribution < 1.29 is 13.2 Å². The van der Waals surface area contributed by atoms with Crippen LogP contribution in [0.5, 0.6) is 0 Å². The molecule has 2 heterocycles. The summed E-state index contributed by atoms with van der Waals surface area (Å²) in [6.07, 6.45) is 1.45. The molecule has 0 bridgehead atoms. The highest BCUT2D eigenvalue weighted by Crippen LogP contribution is 2.34. The van der Waals surface area contributed by atoms with Crippen molar-refractivity contribution in [1.29, 1.82) is 0 Å². The zero-order valence-electron chi connectivity index (χ0n) is 12.4. The van der Waals surface area contributed by atoms with Gasteiger partial charge in [0.1, 0.15) is 0 Å². The third-order valence-corrected chi connectivity index (χ3v) is 6.07. The average molecular weight is 310 g/mol. The molecule has 2 aliphatic rings. The maximum Gasteiger partial charge on any atom is 0.235 e. The van der Waals surface area contributed by atoms with Crippen molar-refractivity contribution in [2.75, 3.05) is 47.8 Å². The minimum absolute atomic E-state index is 0.220. The minimum atomic E-state index is -3.16. The first-order chi connectivity index (χ1) is 10.1. The number of morpholine rings is 1. The molecule has 0 N–H and O–H groups in total. The third-order valence-electron chi connectivity index (χ3n) is 4.09. The molecule has 3 rings (SSSR count). The van der Waals surface area contributed by atoms with Gasteiger partial charge in [-0.25, -0.2) is 8.42 Å². The molecule has 6 heteroatoms. The molecule has 0 aliphatic carbocycles. The standard InChI is InChI=1S/C15H22N2O3S/c1-2-11-21(18,19)17-6-5-13-12-14(3-4-15(13)17)16-7-9-20-10-8-16/h3-4,12H,2,5-11H2,1H3. The van der Waals surface area contributed by atoms with Gasteiger partial charge in [0.25, 0.3) is 0 Å². The summed E-state index contributed by atoms with van der Waals surface area (Å²) in [4.78, 5) is 2.30. The first-order valence-corrected chi connectivity index (χ1v) is 9.19. The first kappa shape index (κ1) is 14.7. The number of fused-ring (bicyclic) bond motifs is 1. The van der Waals surface area contributed by atoms with Crippen LogP contribution < -0.4 is 9.21 Å². The van der Waals surface area contributed by atoms with Crippen molar-refractivity contribution in [2.45, 2.75) is 19.8 Å². The maximum atomic E-state index is 12.3. The van der Waals surface area contributed by atoms with E-state index in [1.807, 2.05) is 19.1 Å². The van der Waals surface area contributed by atoms with E-state index in [0.29, 0.717) is 13.0 Å². The number of rotatable bonds is 4. The third kappa shape index (κ3) is 2.87. The highest BCUT2D eigenvalue weighted by Gasteiger charge is 2.29. The van der Waals surface area contributed by atoms with Crippen molar-refractivity contribution in [3.63, 3.8) is 0 Å². The number of benzene rings is 1. The quantitative estimate of drug-likeness (QED) is 0.848. The number of anilines is 2. The lowest BCUT2D eigenvalue weighted by Crippen LogP contribution is -2.36. The van der Waals surface area contributed by atoms with Crippen molar-refractivity contribution in [1.82, 2.24) is 0 Å². The van der Waals surface area contributed by atoms with Gasteiger partial charge in [-0.3, -0.25) is 4.31 Å². The Morgan fingerprint density at radius 1 is 1.19 bits per heavy atom. The topological polar surface area (TPSA) is 49.9 Å². The first-order valence-electron chi connectivity index (χ1n) is 7.58. The number of sulfonamides is 1. The van der Waals surface area contributed by atoms with Crippen molar-refractivity contribution in [3.8, 4) is 0 Å². The molecule has 1 aromatic rings. The van der Waals surface area contributed by atoms with Crippen molar-refractivity contribution in [3.05, 3.63) is 23.8 Å². The summed E-state index contributed by atoms with van der Waals surface area (Å²) in [5, 5.41) is 0. The van der Waals surface area contributed by atoms with E-state index in [4.69, 9.17) is 4.74 Å². The summed E-state index contributed by atoms with van der Waals surface area (Å²) in [6, 6.07) is 6.13. The largest absolute Gasteiger partial charge is 0.378 e. The fraction of sp³-hybridized carbons (Fsp3) is 0.600. The van der Waals surface area contributed by atoms with Crippen molar-refractivity contribution >= 4 is 21.4 Å². The van der Waals surface area contributed by atoms with E-state index in [-0.39, 0.29) is 5.75 Å². The molecule has 0 aromatic heterocycles. The van der Waals surface area contributed by atoms with Gasteiger partial charge in [-0.1, -0.05) is 6.92 Å². The summed E-state index contributed by atoms with van der Waals surface area (Å²) in [5.41, 5.74) is 3.17. The number of hydrogen-bond donors (Lipinski definition) is 0. The highest BCUT2D eigenvalue weighted by molar-refractivity contribution is 7.92. The summed E-state index contributed by atoms with van der Waals surface area (Å²) >= 11 is 0. The van der Waals surface area contributed by atoms with Crippen molar-refractivity contribution in [2.24, 2.45) is 0 Å². The molecule has 2 aliphatic heterocycles. The number of ether oxygens (including phenoxy) is 1. The van der Waals surface area contributed by atoms with Gasteiger partial charge >= 0.3 is 0 Å². The van der Waals surface area contributed by atoms with Gasteiger partial charge in [0.15, 0.2) is 0 Å². The SMILES string of the molecule is CCCS(=O)(=O)N1CCc2cc(N3CCOCC3)ccc21. The van der Waals surface area contributed by atoms with Gasteiger partial charge in [-0.15, -0.1) is 0 Å². The molecule has 1 saturated heterocycles. The molecule has 1 aromatic carbocycles. The normalized spacial score (nSPS) is 18.9. The van der Waals surface area contributed by atoms with E-state index in [9.17, 15) is 8.42 Å². The van der Waals surface area contributed by atoms with Gasteiger partial charge in [0.2, 0.25) is 10.0 Å². The summed E-state index contributed by atoms with van der Waals surface area (Å²) < 4.78 is 31.5. The van der Waals surface area contributed by atoms with E-state index in [2.05, 4.69) is 11.0 Å². The van der Waals surface area contributed by atoms with Crippen LogP contribution in [0, 0.1) is 0 Å². The van der Waals surface area contributed by atoms with Gasteiger partial charge < -0.3 is 9.64 Å². The molecule has 0 spiro atoms. The number of nitrogens with zero attached hydrogens (tertiary/aromatic N) is 2. The fourth-order valence-electron chi connectivity index (χ4n) is 3.03. The average Bonchev–Trinajstić information content (AvgIpc) is 2.92. The maximum absolute atomic E-state index is 12.3. The van der Waals surface area contributed by atoms with Crippen LogP contribution in [0.4, 0.5) is 11.4 Å². The second-order valence-corrected chi connectivity index (χ2v) is 7.56. The molecule has 0 amide bonds. The Bertz CT molecular complexity index is 609. The number of hydrogen-bond acceptors (Lipinski definition) is 4. The van der Waals surface area contributed by atoms with Crippen LogP contribution in [0.15, 0.2) is 18.2 Å². The highest BCUT2D eigenvalue weighted by atomic mass is 32.2. The lowest BCUT2D eigenvalue weighted by atomic mass is 10.1. The second-order valence-electron chi connectivity index (χ2n) is 5.55. The minimum Gasteiger partial charge on any atom is -0.378 e. The van der Waals surface area contributed by atoms with Gasteiger partial charge in [-0.05, 0) is 36.6 Å². The summed E-state index contributed by atoms with van der Waals surface area (Å²) in [6.45, 7) is 5.79. The molecule has 21 heavy (non-hydrogen) atoms. The van der Waals surface area contributed by atoms with E-state index in [0.717, 1.165) is 44.0 Å². The smallest absolute Gasteiger partial charge is 0.235 e. The van der Waals surface area contributed by atoms with E-state index >= 15 is 0 Å². The molecule has 116 valence electrons. The molecule has 1 fully saturated rings. The van der Waals surface area contributed by atoms with Crippen LogP contribution in [-0.2, 0) is 21.2 Å². The van der Waals surface area contributed by atoms with Crippen LogP contribution in [-0.4, -0.2) is 47.0 Å². The Kier molecular flexibility index (Phi) is 4.08. The van der Waals surface area contributed by atoms with Crippen LogP contribution >= 0.6 is 0 Å². The molecule has 0 radical (unpaired) electrons. The Labute approximate surface area is 126 Å². The lowest BCUT2D eigenvalue weighted by Gasteiger charge is -2.29. The summed E-state index contributed by atoms with van der Waals surface area (Å²) in [7, 11) is -3.16. The molecular weight excluding hydrogens is 288 g/mol. The lowest BCUT2D eigenvalue weighted by molar-refractivity contribution is 0.122. The zero-order chi connectivity index (χ0) is 14.9. The van der Waals surface area contributed by atoms with Crippen LogP contribution in [0.25, 0.3) is 0 Å². The fourth-order valence-corrected chi connectivity index (χ4v) is 4.62. The Morgan fingerprint density at radius 2 is 1.95 bits per heavy atom. The second kappa shape index (κ2) is 5.85. The predicted molar refractivity (Wildman–Crippen MR) is 84.6 cm³/mol. The van der Waals surface area contributed by atoms with Gasteiger partial charge in [0, 0.05) is 25.3 Å². The zero-order valence-corrected chi connectivity index (χ0v) is 13.2. The van der Waals surface area contributed by atoms with E-state index < -0.39 is 10.0 Å². The van der Waals surface area contributed by atoms with Gasteiger partial charge in [0.05, 0.1) is 24.7 Å². The Hall–Kier alpha value is -1.27. The van der Waals surface area contributed by atoms with Gasteiger partial charge in [-0.2, -0.15) is 0 Å². The Balaban J connectivity index is 1.85. The van der Waals surface area contributed by atoms with Crippen LogP contribution in [0.2, 0.25) is 0 Å². The molecular formula is C15H22N2O3S. The molecule has 5 nitrogen and oxygen atoms in total. The predicted octanol–water partition coefficient (Wildman–Crippen LogP) is 1.63. The molecule has 0 unspecified atom stereocenters. The molecule has 0 saturated carbocycles. The monoisotopic (exact) mass is 310 g/mol.